The van der Waals surface area contributed by atoms with Crippen LogP contribution in [0.3, 0.4) is 0 Å². The third kappa shape index (κ3) is 3.72. The summed E-state index contributed by atoms with van der Waals surface area (Å²) < 4.78 is 2.28. The number of aromatic nitrogens is 1. The second-order valence-corrected chi connectivity index (χ2v) is 9.33. The molecule has 5 rings (SSSR count). The Bertz CT molecular complexity index is 1390. The number of nitrogens with one attached hydrogen (secondary N) is 1. The van der Waals surface area contributed by atoms with Crippen molar-refractivity contribution >= 4 is 50.7 Å². The Morgan fingerprint density at radius 1 is 1.09 bits per heavy atom. The third-order valence-electron chi connectivity index (χ3n) is 6.12. The number of benzene rings is 2. The van der Waals surface area contributed by atoms with E-state index in [-0.39, 0.29) is 17.3 Å². The van der Waals surface area contributed by atoms with Gasteiger partial charge in [-0.2, -0.15) is 15.1 Å². The molecule has 0 atom stereocenters. The summed E-state index contributed by atoms with van der Waals surface area (Å²) in [6.45, 7) is 7.01. The van der Waals surface area contributed by atoms with Crippen LogP contribution in [0, 0.1) is 19.3 Å². The number of hydrogen-bond donors (Lipinski definition) is 1. The Balaban J connectivity index is 1.60. The maximum Gasteiger partial charge on any atom is 0.283 e. The Labute approximate surface area is 197 Å². The summed E-state index contributed by atoms with van der Waals surface area (Å²) in [4.78, 5) is 17.1. The third-order valence-corrected chi connectivity index (χ3v) is 7.09. The van der Waals surface area contributed by atoms with Gasteiger partial charge in [-0.1, -0.05) is 49.4 Å². The Kier molecular flexibility index (Phi) is 5.50. The van der Waals surface area contributed by atoms with Crippen LogP contribution in [0.1, 0.15) is 42.1 Å². The molecule has 3 heterocycles. The summed E-state index contributed by atoms with van der Waals surface area (Å²) in [5, 5.41) is 17.1. The maximum absolute atomic E-state index is 12.9. The first-order chi connectivity index (χ1) is 16.0. The van der Waals surface area contributed by atoms with E-state index in [1.165, 1.54) is 27.9 Å². The number of nitrogens with zero attached hydrogens (tertiary/aromatic N) is 4. The van der Waals surface area contributed by atoms with E-state index in [0.29, 0.717) is 5.17 Å². The molecule has 166 valence electrons. The number of amidine groups is 2. The molecule has 0 aliphatic carbocycles. The highest BCUT2D eigenvalue weighted by Crippen LogP contribution is 2.33. The molecule has 3 aromatic rings. The monoisotopic (exact) mass is 455 g/mol. The molecule has 6 nitrogen and oxygen atoms in total. The number of para-hydroxylation sites is 1. The second-order valence-electron chi connectivity index (χ2n) is 8.29. The van der Waals surface area contributed by atoms with Crippen molar-refractivity contribution < 1.29 is 4.79 Å². The molecule has 2 aliphatic rings. The van der Waals surface area contributed by atoms with Crippen LogP contribution in [0.5, 0.6) is 0 Å². The molecular weight excluding hydrogens is 430 g/mol. The molecule has 0 spiro atoms. The number of aryl methyl sites for hydroxylation is 1. The van der Waals surface area contributed by atoms with Gasteiger partial charge in [0.25, 0.3) is 5.91 Å². The van der Waals surface area contributed by atoms with E-state index in [1.807, 2.05) is 18.2 Å². The summed E-state index contributed by atoms with van der Waals surface area (Å²) in [5.74, 6) is -0.305. The summed E-state index contributed by atoms with van der Waals surface area (Å²) in [7, 11) is 0. The zero-order valence-electron chi connectivity index (χ0n) is 18.9. The van der Waals surface area contributed by atoms with Crippen molar-refractivity contribution in [1.82, 2.24) is 9.58 Å². The average molecular weight is 456 g/mol. The molecule has 1 aromatic heterocycles. The molecular formula is C26H25N5OS. The fourth-order valence-electron chi connectivity index (χ4n) is 4.29. The molecule has 33 heavy (non-hydrogen) atoms. The van der Waals surface area contributed by atoms with E-state index in [4.69, 9.17) is 5.41 Å². The standard InChI is InChI=1S/C26H25N5OS/c1-4-9-23-29-31-24(27)21(25(32)28-26(31)33-23)14-20-17(3)30(22-13-8-7-12-19(20)22)15-18-11-6-5-10-16(18)2/h5-8,10-14,27H,4,9,15H2,1-3H3/b21-14-,27-24?. The van der Waals surface area contributed by atoms with E-state index < -0.39 is 0 Å². The molecule has 0 saturated carbocycles. The fourth-order valence-corrected chi connectivity index (χ4v) is 5.28. The largest absolute Gasteiger partial charge is 0.340 e. The maximum atomic E-state index is 12.9. The van der Waals surface area contributed by atoms with Crippen LogP contribution in [0.15, 0.2) is 64.2 Å². The van der Waals surface area contributed by atoms with Crippen LogP contribution in [-0.4, -0.2) is 31.5 Å². The van der Waals surface area contributed by atoms with Gasteiger partial charge in [0.1, 0.15) is 5.04 Å². The van der Waals surface area contributed by atoms with Gasteiger partial charge >= 0.3 is 0 Å². The number of thioether (sulfide) groups is 1. The van der Waals surface area contributed by atoms with Gasteiger partial charge in [0.05, 0.1) is 5.57 Å². The highest BCUT2D eigenvalue weighted by Gasteiger charge is 2.35. The molecule has 0 unspecified atom stereocenters. The van der Waals surface area contributed by atoms with E-state index >= 15 is 0 Å². The van der Waals surface area contributed by atoms with Gasteiger partial charge in [-0.05, 0) is 61.7 Å². The summed E-state index contributed by atoms with van der Waals surface area (Å²) in [6.07, 6.45) is 3.58. The lowest BCUT2D eigenvalue weighted by Gasteiger charge is -2.20. The minimum Gasteiger partial charge on any atom is -0.340 e. The van der Waals surface area contributed by atoms with Crippen LogP contribution < -0.4 is 0 Å². The highest BCUT2D eigenvalue weighted by atomic mass is 32.2. The SMILES string of the molecule is CCCC1=NN2C(=N)/C(=C/c3c(C)n(Cc4ccccc4C)c4ccccc34)C(=O)N=C2S1. The van der Waals surface area contributed by atoms with Crippen molar-refractivity contribution in [2.45, 2.75) is 40.2 Å². The minimum atomic E-state index is -0.387. The molecule has 2 aromatic carbocycles. The first kappa shape index (κ1) is 21.4. The number of hydrazone groups is 1. The molecule has 0 radical (unpaired) electrons. The van der Waals surface area contributed by atoms with E-state index in [2.05, 4.69) is 71.8 Å². The van der Waals surface area contributed by atoms with Gasteiger partial charge in [-0.15, -0.1) is 0 Å². The number of carbonyl (C=O) groups excluding carboxylic acids is 1. The van der Waals surface area contributed by atoms with E-state index in [9.17, 15) is 4.79 Å². The zero-order chi connectivity index (χ0) is 23.1. The topological polar surface area (TPSA) is 73.8 Å². The Morgan fingerprint density at radius 2 is 1.85 bits per heavy atom. The number of amides is 1. The molecule has 1 N–H and O–H groups in total. The van der Waals surface area contributed by atoms with Crippen LogP contribution in [0.25, 0.3) is 17.0 Å². The van der Waals surface area contributed by atoms with Crippen molar-refractivity contribution in [3.8, 4) is 0 Å². The Hall–Kier alpha value is -3.45. The Morgan fingerprint density at radius 3 is 2.64 bits per heavy atom. The van der Waals surface area contributed by atoms with Crippen molar-refractivity contribution in [3.63, 3.8) is 0 Å². The average Bonchev–Trinajstić information content (AvgIpc) is 3.32. The summed E-state index contributed by atoms with van der Waals surface area (Å²) >= 11 is 1.38. The lowest BCUT2D eigenvalue weighted by atomic mass is 10.1. The number of rotatable bonds is 5. The first-order valence-corrected chi connectivity index (χ1v) is 11.9. The first-order valence-electron chi connectivity index (χ1n) is 11.1. The van der Waals surface area contributed by atoms with Gasteiger partial charge in [0, 0.05) is 28.7 Å². The van der Waals surface area contributed by atoms with Crippen LogP contribution in [-0.2, 0) is 11.3 Å². The van der Waals surface area contributed by atoms with Crippen molar-refractivity contribution in [1.29, 1.82) is 5.41 Å². The van der Waals surface area contributed by atoms with Gasteiger partial charge in [-0.25, -0.2) is 0 Å². The van der Waals surface area contributed by atoms with E-state index in [0.717, 1.165) is 46.6 Å². The number of hydrogen-bond acceptors (Lipinski definition) is 4. The lowest BCUT2D eigenvalue weighted by Crippen LogP contribution is -2.35. The summed E-state index contributed by atoms with van der Waals surface area (Å²) in [6, 6.07) is 16.6. The van der Waals surface area contributed by atoms with E-state index in [1.54, 1.807) is 0 Å². The van der Waals surface area contributed by atoms with Gasteiger partial charge in [-0.3, -0.25) is 10.2 Å². The van der Waals surface area contributed by atoms with Gasteiger partial charge < -0.3 is 4.57 Å². The minimum absolute atomic E-state index is 0.0822. The van der Waals surface area contributed by atoms with Crippen molar-refractivity contribution in [2.24, 2.45) is 10.1 Å². The molecule has 0 fully saturated rings. The zero-order valence-corrected chi connectivity index (χ0v) is 19.7. The highest BCUT2D eigenvalue weighted by molar-refractivity contribution is 8.26. The smallest absolute Gasteiger partial charge is 0.283 e. The number of carbonyl (C=O) groups is 1. The van der Waals surface area contributed by atoms with Crippen molar-refractivity contribution in [3.05, 3.63) is 76.5 Å². The van der Waals surface area contributed by atoms with Gasteiger partial charge in [0.15, 0.2) is 5.84 Å². The number of aliphatic imine (C=N–C) groups is 1. The predicted molar refractivity (Wildman–Crippen MR) is 137 cm³/mol. The van der Waals surface area contributed by atoms with Crippen LogP contribution in [0.4, 0.5) is 0 Å². The molecule has 2 aliphatic heterocycles. The van der Waals surface area contributed by atoms with Crippen molar-refractivity contribution in [2.75, 3.05) is 0 Å². The quantitative estimate of drug-likeness (QED) is 0.500. The predicted octanol–water partition coefficient (Wildman–Crippen LogP) is 5.73. The molecule has 7 heteroatoms. The fraction of sp³-hybridized carbons (Fsp3) is 0.231. The summed E-state index contributed by atoms with van der Waals surface area (Å²) in [5.41, 5.74) is 5.85. The molecule has 0 bridgehead atoms. The van der Waals surface area contributed by atoms with Gasteiger partial charge in [0.2, 0.25) is 5.17 Å². The second kappa shape index (κ2) is 8.48. The molecule has 0 saturated heterocycles. The normalized spacial score (nSPS) is 17.1. The van der Waals surface area contributed by atoms with Crippen LogP contribution in [0.2, 0.25) is 0 Å². The molecule has 1 amide bonds. The number of fused-ring (bicyclic) bond motifs is 2. The van der Waals surface area contributed by atoms with Crippen LogP contribution >= 0.6 is 11.8 Å². The lowest BCUT2D eigenvalue weighted by molar-refractivity contribution is -0.114.